The standard InChI is InChI=1S/C21H29NO2/c1-18(2)24-17-21(23)16-22(15-20-11-7-4-8-12-20)14-13-19-9-5-3-6-10-19/h3-12,18,21,23H,13-17H2,1-2H3. The first-order chi connectivity index (χ1) is 11.6. The zero-order valence-electron chi connectivity index (χ0n) is 14.8. The topological polar surface area (TPSA) is 32.7 Å². The maximum Gasteiger partial charge on any atom is 0.0900 e. The van der Waals surface area contributed by atoms with Crippen molar-refractivity contribution in [2.45, 2.75) is 39.0 Å². The first kappa shape index (κ1) is 18.7. The van der Waals surface area contributed by atoms with Crippen molar-refractivity contribution >= 4 is 0 Å². The van der Waals surface area contributed by atoms with E-state index in [-0.39, 0.29) is 6.10 Å². The molecule has 0 amide bonds. The van der Waals surface area contributed by atoms with Crippen molar-refractivity contribution in [3.8, 4) is 0 Å². The van der Waals surface area contributed by atoms with Crippen LogP contribution in [0.5, 0.6) is 0 Å². The van der Waals surface area contributed by atoms with Crippen molar-refractivity contribution in [2.75, 3.05) is 19.7 Å². The fourth-order valence-corrected chi connectivity index (χ4v) is 2.66. The molecule has 0 aromatic heterocycles. The Balaban J connectivity index is 1.92. The Kier molecular flexibility index (Phi) is 7.96. The lowest BCUT2D eigenvalue weighted by molar-refractivity contribution is -0.00938. The number of hydrogen-bond acceptors (Lipinski definition) is 3. The van der Waals surface area contributed by atoms with Crippen molar-refractivity contribution in [2.24, 2.45) is 0 Å². The van der Waals surface area contributed by atoms with E-state index in [2.05, 4.69) is 53.4 Å². The molecule has 2 rings (SSSR count). The van der Waals surface area contributed by atoms with Crippen LogP contribution in [0.3, 0.4) is 0 Å². The van der Waals surface area contributed by atoms with Crippen LogP contribution >= 0.6 is 0 Å². The molecular formula is C21H29NO2. The van der Waals surface area contributed by atoms with E-state index in [1.807, 2.05) is 26.0 Å². The number of benzene rings is 2. The number of aliphatic hydroxyl groups excluding tert-OH is 1. The summed E-state index contributed by atoms with van der Waals surface area (Å²) in [4.78, 5) is 2.30. The van der Waals surface area contributed by atoms with Crippen LogP contribution in [-0.4, -0.2) is 41.9 Å². The van der Waals surface area contributed by atoms with Crippen LogP contribution in [0.25, 0.3) is 0 Å². The van der Waals surface area contributed by atoms with Gasteiger partial charge in [-0.3, -0.25) is 4.90 Å². The van der Waals surface area contributed by atoms with Crippen molar-refractivity contribution in [1.82, 2.24) is 4.90 Å². The van der Waals surface area contributed by atoms with Gasteiger partial charge in [0.15, 0.2) is 0 Å². The van der Waals surface area contributed by atoms with Crippen molar-refractivity contribution in [1.29, 1.82) is 0 Å². The molecule has 0 bridgehead atoms. The van der Waals surface area contributed by atoms with Gasteiger partial charge in [0.1, 0.15) is 0 Å². The zero-order chi connectivity index (χ0) is 17.2. The zero-order valence-corrected chi connectivity index (χ0v) is 14.8. The molecule has 0 fully saturated rings. The summed E-state index contributed by atoms with van der Waals surface area (Å²) in [6.45, 7) is 6.74. The van der Waals surface area contributed by atoms with Crippen molar-refractivity contribution < 1.29 is 9.84 Å². The minimum atomic E-state index is -0.466. The van der Waals surface area contributed by atoms with E-state index < -0.39 is 6.10 Å². The third kappa shape index (κ3) is 7.26. The minimum Gasteiger partial charge on any atom is -0.389 e. The normalized spacial score (nSPS) is 12.7. The van der Waals surface area contributed by atoms with Gasteiger partial charge in [-0.15, -0.1) is 0 Å². The highest BCUT2D eigenvalue weighted by Crippen LogP contribution is 2.08. The molecule has 130 valence electrons. The number of ether oxygens (including phenoxy) is 1. The molecule has 0 aliphatic carbocycles. The van der Waals surface area contributed by atoms with Crippen molar-refractivity contribution in [3.63, 3.8) is 0 Å². The molecule has 0 spiro atoms. The molecule has 0 saturated heterocycles. The minimum absolute atomic E-state index is 0.145. The Labute approximate surface area is 145 Å². The maximum absolute atomic E-state index is 10.3. The van der Waals surface area contributed by atoms with E-state index in [0.717, 1.165) is 19.5 Å². The summed E-state index contributed by atoms with van der Waals surface area (Å²) in [6.07, 6.45) is 0.657. The Hall–Kier alpha value is -1.68. The molecule has 0 aliphatic heterocycles. The van der Waals surface area contributed by atoms with E-state index in [1.54, 1.807) is 0 Å². The second-order valence-electron chi connectivity index (χ2n) is 6.49. The fourth-order valence-electron chi connectivity index (χ4n) is 2.66. The van der Waals surface area contributed by atoms with Gasteiger partial charge in [0.05, 0.1) is 18.8 Å². The first-order valence-corrected chi connectivity index (χ1v) is 8.73. The number of nitrogens with zero attached hydrogens (tertiary/aromatic N) is 1. The predicted octanol–water partition coefficient (Wildman–Crippen LogP) is 3.52. The molecule has 2 aromatic rings. The Morgan fingerprint density at radius 2 is 1.50 bits per heavy atom. The van der Waals surface area contributed by atoms with Crippen LogP contribution in [-0.2, 0) is 17.7 Å². The molecule has 1 atom stereocenters. The van der Waals surface area contributed by atoms with Gasteiger partial charge in [-0.1, -0.05) is 60.7 Å². The molecule has 1 unspecified atom stereocenters. The predicted molar refractivity (Wildman–Crippen MR) is 99.0 cm³/mol. The maximum atomic E-state index is 10.3. The van der Waals surface area contributed by atoms with Gasteiger partial charge in [0.2, 0.25) is 0 Å². The van der Waals surface area contributed by atoms with Gasteiger partial charge in [-0.2, -0.15) is 0 Å². The van der Waals surface area contributed by atoms with Gasteiger partial charge in [0.25, 0.3) is 0 Å². The van der Waals surface area contributed by atoms with Gasteiger partial charge in [0, 0.05) is 19.6 Å². The van der Waals surface area contributed by atoms with Crippen LogP contribution < -0.4 is 0 Å². The van der Waals surface area contributed by atoms with E-state index in [1.165, 1.54) is 11.1 Å². The third-order valence-electron chi connectivity index (χ3n) is 3.90. The van der Waals surface area contributed by atoms with Gasteiger partial charge < -0.3 is 9.84 Å². The molecule has 0 saturated carbocycles. The molecule has 0 radical (unpaired) electrons. The molecule has 24 heavy (non-hydrogen) atoms. The lowest BCUT2D eigenvalue weighted by atomic mass is 10.1. The quantitative estimate of drug-likeness (QED) is 0.725. The average molecular weight is 327 g/mol. The number of aliphatic hydroxyl groups is 1. The van der Waals surface area contributed by atoms with Crippen LogP contribution in [0.15, 0.2) is 60.7 Å². The molecule has 3 nitrogen and oxygen atoms in total. The highest BCUT2D eigenvalue weighted by atomic mass is 16.5. The molecular weight excluding hydrogens is 298 g/mol. The monoisotopic (exact) mass is 327 g/mol. The van der Waals surface area contributed by atoms with Gasteiger partial charge in [-0.25, -0.2) is 0 Å². The summed E-state index contributed by atoms with van der Waals surface area (Å²) >= 11 is 0. The van der Waals surface area contributed by atoms with E-state index in [4.69, 9.17) is 4.74 Å². The second-order valence-corrected chi connectivity index (χ2v) is 6.49. The van der Waals surface area contributed by atoms with E-state index in [0.29, 0.717) is 13.2 Å². The summed E-state index contributed by atoms with van der Waals surface area (Å²) in [7, 11) is 0. The number of rotatable bonds is 10. The van der Waals surface area contributed by atoms with E-state index in [9.17, 15) is 5.11 Å². The van der Waals surface area contributed by atoms with Crippen LogP contribution in [0, 0.1) is 0 Å². The molecule has 1 N–H and O–H groups in total. The Bertz CT molecular complexity index is 557. The molecule has 2 aromatic carbocycles. The Morgan fingerprint density at radius 1 is 0.917 bits per heavy atom. The smallest absolute Gasteiger partial charge is 0.0900 e. The van der Waals surface area contributed by atoms with Crippen LogP contribution in [0.2, 0.25) is 0 Å². The first-order valence-electron chi connectivity index (χ1n) is 8.73. The van der Waals surface area contributed by atoms with Crippen molar-refractivity contribution in [3.05, 3.63) is 71.8 Å². The highest BCUT2D eigenvalue weighted by Gasteiger charge is 2.13. The highest BCUT2D eigenvalue weighted by molar-refractivity contribution is 5.16. The third-order valence-corrected chi connectivity index (χ3v) is 3.90. The van der Waals surface area contributed by atoms with Gasteiger partial charge >= 0.3 is 0 Å². The summed E-state index contributed by atoms with van der Waals surface area (Å²) in [5.41, 5.74) is 2.59. The molecule has 0 aliphatic rings. The summed E-state index contributed by atoms with van der Waals surface area (Å²) in [5, 5.41) is 10.3. The van der Waals surface area contributed by atoms with E-state index >= 15 is 0 Å². The summed E-state index contributed by atoms with van der Waals surface area (Å²) in [6, 6.07) is 20.9. The van der Waals surface area contributed by atoms with Crippen LogP contribution in [0.1, 0.15) is 25.0 Å². The number of hydrogen-bond donors (Lipinski definition) is 1. The summed E-state index contributed by atoms with van der Waals surface area (Å²) in [5.74, 6) is 0. The largest absolute Gasteiger partial charge is 0.389 e. The van der Waals surface area contributed by atoms with Gasteiger partial charge in [-0.05, 0) is 31.4 Å². The van der Waals surface area contributed by atoms with Crippen LogP contribution in [0.4, 0.5) is 0 Å². The SMILES string of the molecule is CC(C)OCC(O)CN(CCc1ccccc1)Cc1ccccc1. The molecule has 0 heterocycles. The average Bonchev–Trinajstić information content (AvgIpc) is 2.60. The lowest BCUT2D eigenvalue weighted by Crippen LogP contribution is -2.36. The Morgan fingerprint density at radius 3 is 2.08 bits per heavy atom. The summed E-state index contributed by atoms with van der Waals surface area (Å²) < 4.78 is 5.54. The lowest BCUT2D eigenvalue weighted by Gasteiger charge is -2.25. The fraction of sp³-hybridized carbons (Fsp3) is 0.429. The molecule has 3 heteroatoms. The second kappa shape index (κ2) is 10.2.